The summed E-state index contributed by atoms with van der Waals surface area (Å²) in [6.07, 6.45) is -0.529. The fourth-order valence-corrected chi connectivity index (χ4v) is 1.21. The van der Waals surface area contributed by atoms with Crippen molar-refractivity contribution in [3.63, 3.8) is 0 Å². The topological polar surface area (TPSA) is 26.0 Å². The van der Waals surface area contributed by atoms with Crippen LogP contribution in [0.3, 0.4) is 0 Å². The lowest BCUT2D eigenvalue weighted by atomic mass is 10.0. The molecule has 98 valence electrons. The van der Waals surface area contributed by atoms with Crippen LogP contribution in [0.5, 0.6) is 0 Å². The van der Waals surface area contributed by atoms with Crippen LogP contribution in [0.25, 0.3) is 0 Å². The van der Waals surface area contributed by atoms with Gasteiger partial charge in [-0.2, -0.15) is 0 Å². The highest BCUT2D eigenvalue weighted by Crippen LogP contribution is 2.27. The Bertz CT molecular complexity index is 382. The number of benzene rings is 1. The van der Waals surface area contributed by atoms with Gasteiger partial charge in [0, 0.05) is 11.6 Å². The fraction of sp³-hybridized carbons (Fsp3) is 0.333. The van der Waals surface area contributed by atoms with Crippen molar-refractivity contribution in [1.82, 2.24) is 0 Å². The van der Waals surface area contributed by atoms with E-state index in [-0.39, 0.29) is 12.4 Å². The largest absolute Gasteiger partial charge is 0.324 e. The molecule has 0 saturated carbocycles. The molecule has 1 aromatic carbocycles. The maximum absolute atomic E-state index is 13.1. The highest BCUT2D eigenvalue weighted by atomic mass is 35.5. The molecule has 0 heterocycles. The van der Waals surface area contributed by atoms with Crippen LogP contribution in [-0.2, 0) is 0 Å². The SMILES string of the molecule is Cl.N[C@H](CCF)c1c(F)c(F)c(F)c(F)c1F. The molecule has 0 aliphatic heterocycles. The molecule has 0 bridgehead atoms. The minimum absolute atomic E-state index is 0. The summed E-state index contributed by atoms with van der Waals surface area (Å²) in [5.74, 6) is -10.5. The Hall–Kier alpha value is -0.950. The first-order valence-corrected chi connectivity index (χ1v) is 4.24. The zero-order valence-corrected chi connectivity index (χ0v) is 9.06. The van der Waals surface area contributed by atoms with Gasteiger partial charge in [-0.25, -0.2) is 22.0 Å². The Labute approximate surface area is 99.0 Å². The number of hydrogen-bond acceptors (Lipinski definition) is 1. The molecule has 1 aromatic rings. The van der Waals surface area contributed by atoms with Gasteiger partial charge in [-0.3, -0.25) is 4.39 Å². The minimum atomic E-state index is -2.26. The van der Waals surface area contributed by atoms with Gasteiger partial charge in [0.25, 0.3) is 0 Å². The Morgan fingerprint density at radius 1 is 0.824 bits per heavy atom. The van der Waals surface area contributed by atoms with Crippen molar-refractivity contribution in [2.45, 2.75) is 12.5 Å². The van der Waals surface area contributed by atoms with Crippen molar-refractivity contribution in [2.24, 2.45) is 5.73 Å². The molecule has 0 amide bonds. The fourth-order valence-electron chi connectivity index (χ4n) is 1.21. The van der Waals surface area contributed by atoms with Crippen molar-refractivity contribution >= 4 is 12.4 Å². The lowest BCUT2D eigenvalue weighted by Gasteiger charge is -2.13. The van der Waals surface area contributed by atoms with E-state index in [0.717, 1.165) is 0 Å². The highest BCUT2D eigenvalue weighted by Gasteiger charge is 2.28. The molecule has 17 heavy (non-hydrogen) atoms. The molecule has 2 N–H and O–H groups in total. The Kier molecular flexibility index (Phi) is 5.77. The van der Waals surface area contributed by atoms with E-state index in [1.54, 1.807) is 0 Å². The van der Waals surface area contributed by atoms with Crippen molar-refractivity contribution < 1.29 is 26.3 Å². The van der Waals surface area contributed by atoms with E-state index in [1.807, 2.05) is 0 Å². The van der Waals surface area contributed by atoms with Gasteiger partial charge in [0.05, 0.1) is 6.67 Å². The lowest BCUT2D eigenvalue weighted by Crippen LogP contribution is -2.18. The minimum Gasteiger partial charge on any atom is -0.324 e. The maximum atomic E-state index is 13.1. The van der Waals surface area contributed by atoms with Crippen molar-refractivity contribution in [2.75, 3.05) is 6.67 Å². The van der Waals surface area contributed by atoms with Crippen LogP contribution in [0, 0.1) is 29.1 Å². The predicted octanol–water partition coefficient (Wildman–Crippen LogP) is 3.16. The summed E-state index contributed by atoms with van der Waals surface area (Å²) in [5.41, 5.74) is 3.93. The van der Waals surface area contributed by atoms with Gasteiger partial charge >= 0.3 is 0 Å². The average Bonchev–Trinajstić information content (AvgIpc) is 2.24. The molecule has 1 atom stereocenters. The van der Waals surface area contributed by atoms with Gasteiger partial charge in [0.1, 0.15) is 0 Å². The van der Waals surface area contributed by atoms with Crippen molar-refractivity contribution in [3.8, 4) is 0 Å². The van der Waals surface area contributed by atoms with E-state index in [1.165, 1.54) is 0 Å². The molecular weight excluding hydrogens is 272 g/mol. The summed E-state index contributed by atoms with van der Waals surface area (Å²) in [7, 11) is 0. The van der Waals surface area contributed by atoms with E-state index >= 15 is 0 Å². The van der Waals surface area contributed by atoms with E-state index in [4.69, 9.17) is 5.73 Å². The number of alkyl halides is 1. The quantitative estimate of drug-likeness (QED) is 0.513. The van der Waals surface area contributed by atoms with Crippen LogP contribution < -0.4 is 5.73 Å². The van der Waals surface area contributed by atoms with Crippen LogP contribution in [-0.4, -0.2) is 6.67 Å². The smallest absolute Gasteiger partial charge is 0.200 e. The first-order valence-electron chi connectivity index (χ1n) is 4.24. The van der Waals surface area contributed by atoms with Gasteiger partial charge in [0.15, 0.2) is 23.3 Å². The van der Waals surface area contributed by atoms with E-state index in [0.29, 0.717) is 0 Å². The third kappa shape index (κ3) is 2.84. The van der Waals surface area contributed by atoms with Gasteiger partial charge in [-0.1, -0.05) is 0 Å². The second-order valence-corrected chi connectivity index (χ2v) is 3.07. The summed E-state index contributed by atoms with van der Waals surface area (Å²) in [4.78, 5) is 0. The molecule has 0 unspecified atom stereocenters. The summed E-state index contributed by atoms with van der Waals surface area (Å²) in [5, 5.41) is 0. The normalized spacial score (nSPS) is 12.2. The number of rotatable bonds is 3. The molecule has 0 aliphatic rings. The third-order valence-corrected chi connectivity index (χ3v) is 2.03. The monoisotopic (exact) mass is 279 g/mol. The predicted molar refractivity (Wildman–Crippen MR) is 51.0 cm³/mol. The zero-order chi connectivity index (χ0) is 12.5. The van der Waals surface area contributed by atoms with Crippen molar-refractivity contribution in [1.29, 1.82) is 0 Å². The van der Waals surface area contributed by atoms with Crippen LogP contribution in [0.2, 0.25) is 0 Å². The van der Waals surface area contributed by atoms with Crippen LogP contribution in [0.4, 0.5) is 26.3 Å². The van der Waals surface area contributed by atoms with Crippen LogP contribution in [0.15, 0.2) is 0 Å². The van der Waals surface area contributed by atoms with Crippen LogP contribution >= 0.6 is 12.4 Å². The summed E-state index contributed by atoms with van der Waals surface area (Å²) < 4.78 is 76.0. The van der Waals surface area contributed by atoms with Crippen molar-refractivity contribution in [3.05, 3.63) is 34.6 Å². The first kappa shape index (κ1) is 16.1. The van der Waals surface area contributed by atoms with Gasteiger partial charge in [-0.15, -0.1) is 12.4 Å². The molecule has 0 fully saturated rings. The van der Waals surface area contributed by atoms with Gasteiger partial charge in [-0.05, 0) is 6.42 Å². The summed E-state index contributed by atoms with van der Waals surface area (Å²) in [6, 6.07) is -1.57. The second-order valence-electron chi connectivity index (χ2n) is 3.07. The lowest BCUT2D eigenvalue weighted by molar-refractivity contribution is 0.355. The third-order valence-electron chi connectivity index (χ3n) is 2.03. The first-order chi connectivity index (χ1) is 7.41. The molecule has 0 aliphatic carbocycles. The maximum Gasteiger partial charge on any atom is 0.200 e. The van der Waals surface area contributed by atoms with Gasteiger partial charge in [0.2, 0.25) is 5.82 Å². The molecular formula is C9H8ClF6N. The number of halogens is 7. The molecule has 1 nitrogen and oxygen atoms in total. The number of nitrogens with two attached hydrogens (primary N) is 1. The molecule has 0 radical (unpaired) electrons. The second kappa shape index (κ2) is 6.11. The molecule has 0 saturated heterocycles. The Balaban J connectivity index is 0.00000256. The molecule has 0 aromatic heterocycles. The highest BCUT2D eigenvalue weighted by molar-refractivity contribution is 5.85. The Morgan fingerprint density at radius 3 is 1.53 bits per heavy atom. The standard InChI is InChI=1S/C9H7F6N.ClH/c10-2-1-3(16)4-5(11)7(13)9(15)8(14)6(4)12;/h3H,1-2,16H2;1H/t3-;/m1./s1. The average molecular weight is 280 g/mol. The van der Waals surface area contributed by atoms with E-state index < -0.39 is 53.8 Å². The zero-order valence-electron chi connectivity index (χ0n) is 8.24. The van der Waals surface area contributed by atoms with E-state index in [9.17, 15) is 26.3 Å². The summed E-state index contributed by atoms with van der Waals surface area (Å²) in [6.45, 7) is -1.03. The van der Waals surface area contributed by atoms with Crippen LogP contribution in [0.1, 0.15) is 18.0 Å². The number of hydrogen-bond donors (Lipinski definition) is 1. The van der Waals surface area contributed by atoms with Gasteiger partial charge < -0.3 is 5.73 Å². The molecule has 0 spiro atoms. The summed E-state index contributed by atoms with van der Waals surface area (Å²) >= 11 is 0. The Morgan fingerprint density at radius 2 is 1.18 bits per heavy atom. The molecule has 1 rings (SSSR count). The van der Waals surface area contributed by atoms with E-state index in [2.05, 4.69) is 0 Å². The molecule has 8 heteroatoms.